The Morgan fingerprint density at radius 3 is 2.27 bits per heavy atom. The maximum atomic E-state index is 11.4. The molecule has 0 aliphatic carbocycles. The second kappa shape index (κ2) is 7.69. The molecule has 0 aromatic heterocycles. The number of hydrogen-bond acceptors (Lipinski definition) is 2. The molecule has 2 N–H and O–H groups in total. The van der Waals surface area contributed by atoms with E-state index in [1.807, 2.05) is 0 Å². The zero-order valence-electron chi connectivity index (χ0n) is 10.3. The van der Waals surface area contributed by atoms with Crippen molar-refractivity contribution in [2.75, 3.05) is 13.2 Å². The number of amides is 1. The summed E-state index contributed by atoms with van der Waals surface area (Å²) in [4.78, 5) is 11.4. The van der Waals surface area contributed by atoms with Crippen LogP contribution in [0.3, 0.4) is 0 Å². The van der Waals surface area contributed by atoms with Crippen molar-refractivity contribution in [1.29, 1.82) is 0 Å². The van der Waals surface area contributed by atoms with E-state index in [1.54, 1.807) is 0 Å². The summed E-state index contributed by atoms with van der Waals surface area (Å²) in [5.41, 5.74) is 0.0704. The second-order valence-electron chi connectivity index (χ2n) is 5.23. The maximum Gasteiger partial charge on any atom is 0.220 e. The first-order valence-corrected chi connectivity index (χ1v) is 5.83. The van der Waals surface area contributed by atoms with Crippen molar-refractivity contribution in [3.8, 4) is 0 Å². The highest BCUT2D eigenvalue weighted by Crippen LogP contribution is 2.17. The number of unbranched alkanes of at least 4 members (excludes halogenated alkanes) is 3. The number of aliphatic hydroxyl groups excluding tert-OH is 1. The molecule has 0 spiro atoms. The smallest absolute Gasteiger partial charge is 0.220 e. The van der Waals surface area contributed by atoms with Gasteiger partial charge in [-0.15, -0.1) is 0 Å². The van der Waals surface area contributed by atoms with Gasteiger partial charge in [0.25, 0.3) is 0 Å². The fourth-order valence-electron chi connectivity index (χ4n) is 1.36. The second-order valence-corrected chi connectivity index (χ2v) is 5.23. The minimum Gasteiger partial charge on any atom is -0.396 e. The highest BCUT2D eigenvalue weighted by Gasteiger charge is 2.14. The summed E-state index contributed by atoms with van der Waals surface area (Å²) in [5.74, 6) is 0.143. The molecule has 0 unspecified atom stereocenters. The Balaban J connectivity index is 3.32. The molecule has 3 heteroatoms. The van der Waals surface area contributed by atoms with Crippen LogP contribution in [-0.4, -0.2) is 24.2 Å². The molecule has 0 rings (SSSR count). The quantitative estimate of drug-likeness (QED) is 0.639. The fraction of sp³-hybridized carbons (Fsp3) is 0.917. The van der Waals surface area contributed by atoms with Gasteiger partial charge in [-0.25, -0.2) is 0 Å². The molecule has 0 saturated heterocycles. The summed E-state index contributed by atoms with van der Waals surface area (Å²) in [5, 5.41) is 11.5. The Hall–Kier alpha value is -0.570. The third-order valence-corrected chi connectivity index (χ3v) is 2.10. The molecule has 90 valence electrons. The molecule has 0 aromatic rings. The summed E-state index contributed by atoms with van der Waals surface area (Å²) >= 11 is 0. The molecular weight excluding hydrogens is 190 g/mol. The van der Waals surface area contributed by atoms with Gasteiger partial charge in [0.05, 0.1) is 0 Å². The van der Waals surface area contributed by atoms with Crippen molar-refractivity contribution in [2.24, 2.45) is 5.41 Å². The lowest BCUT2D eigenvalue weighted by molar-refractivity contribution is -0.122. The largest absolute Gasteiger partial charge is 0.396 e. The van der Waals surface area contributed by atoms with Gasteiger partial charge in [-0.2, -0.15) is 0 Å². The van der Waals surface area contributed by atoms with Crippen LogP contribution >= 0.6 is 0 Å². The minimum atomic E-state index is 0.0704. The van der Waals surface area contributed by atoms with Crippen LogP contribution in [0.1, 0.15) is 52.9 Å². The normalized spacial score (nSPS) is 11.5. The number of carbonyl (C=O) groups excluding carboxylic acids is 1. The Labute approximate surface area is 93.3 Å². The summed E-state index contributed by atoms with van der Waals surface area (Å²) in [7, 11) is 0. The third-order valence-electron chi connectivity index (χ3n) is 2.10. The molecule has 0 heterocycles. The lowest BCUT2D eigenvalue weighted by Crippen LogP contribution is -2.28. The van der Waals surface area contributed by atoms with Crippen molar-refractivity contribution in [3.63, 3.8) is 0 Å². The lowest BCUT2D eigenvalue weighted by Gasteiger charge is -2.17. The highest BCUT2D eigenvalue weighted by atomic mass is 16.2. The number of aliphatic hydroxyl groups is 1. The monoisotopic (exact) mass is 215 g/mol. The van der Waals surface area contributed by atoms with E-state index >= 15 is 0 Å². The maximum absolute atomic E-state index is 11.4. The van der Waals surface area contributed by atoms with Gasteiger partial charge in [0, 0.05) is 19.6 Å². The Bertz CT molecular complexity index is 173. The van der Waals surface area contributed by atoms with Gasteiger partial charge < -0.3 is 10.4 Å². The van der Waals surface area contributed by atoms with E-state index in [0.29, 0.717) is 6.42 Å². The van der Waals surface area contributed by atoms with Gasteiger partial charge >= 0.3 is 0 Å². The van der Waals surface area contributed by atoms with Crippen LogP contribution in [0.4, 0.5) is 0 Å². The van der Waals surface area contributed by atoms with Crippen LogP contribution in [0.25, 0.3) is 0 Å². The molecule has 0 aliphatic rings. The first kappa shape index (κ1) is 14.4. The van der Waals surface area contributed by atoms with E-state index in [9.17, 15) is 4.79 Å². The van der Waals surface area contributed by atoms with Crippen LogP contribution in [0.2, 0.25) is 0 Å². The summed E-state index contributed by atoms with van der Waals surface area (Å²) in [6.07, 6.45) is 4.59. The molecule has 0 atom stereocenters. The zero-order valence-corrected chi connectivity index (χ0v) is 10.3. The summed E-state index contributed by atoms with van der Waals surface area (Å²) in [6.45, 7) is 7.23. The van der Waals surface area contributed by atoms with Crippen molar-refractivity contribution in [1.82, 2.24) is 5.32 Å². The molecule has 3 nitrogen and oxygen atoms in total. The van der Waals surface area contributed by atoms with Crippen LogP contribution in [0, 0.1) is 5.41 Å². The number of rotatable bonds is 7. The van der Waals surface area contributed by atoms with Gasteiger partial charge in [0.15, 0.2) is 0 Å². The SMILES string of the molecule is CC(C)(C)CC(=O)NCCCCCCO. The fourth-order valence-corrected chi connectivity index (χ4v) is 1.36. The summed E-state index contributed by atoms with van der Waals surface area (Å²) in [6, 6.07) is 0. The predicted molar refractivity (Wildman–Crippen MR) is 62.6 cm³/mol. The molecule has 0 aromatic carbocycles. The molecule has 0 saturated carbocycles. The Kier molecular flexibility index (Phi) is 7.39. The van der Waals surface area contributed by atoms with Crippen molar-refractivity contribution in [2.45, 2.75) is 52.9 Å². The van der Waals surface area contributed by atoms with Crippen molar-refractivity contribution < 1.29 is 9.90 Å². The van der Waals surface area contributed by atoms with Crippen LogP contribution in [0.5, 0.6) is 0 Å². The van der Waals surface area contributed by atoms with Crippen LogP contribution < -0.4 is 5.32 Å². The topological polar surface area (TPSA) is 49.3 Å². The van der Waals surface area contributed by atoms with Crippen LogP contribution in [0.15, 0.2) is 0 Å². The Morgan fingerprint density at radius 2 is 1.73 bits per heavy atom. The molecule has 0 fully saturated rings. The molecule has 15 heavy (non-hydrogen) atoms. The molecule has 0 bridgehead atoms. The predicted octanol–water partition coefficient (Wildman–Crippen LogP) is 2.09. The first-order chi connectivity index (χ1) is 6.95. The van der Waals surface area contributed by atoms with E-state index in [-0.39, 0.29) is 17.9 Å². The number of hydrogen-bond donors (Lipinski definition) is 2. The van der Waals surface area contributed by atoms with Gasteiger partial charge in [-0.05, 0) is 18.3 Å². The summed E-state index contributed by atoms with van der Waals surface area (Å²) < 4.78 is 0. The Morgan fingerprint density at radius 1 is 1.13 bits per heavy atom. The van der Waals surface area contributed by atoms with E-state index < -0.39 is 0 Å². The average Bonchev–Trinajstić information content (AvgIpc) is 2.08. The van der Waals surface area contributed by atoms with E-state index in [0.717, 1.165) is 32.2 Å². The number of nitrogens with one attached hydrogen (secondary N) is 1. The van der Waals surface area contributed by atoms with E-state index in [4.69, 9.17) is 5.11 Å². The first-order valence-electron chi connectivity index (χ1n) is 5.83. The highest BCUT2D eigenvalue weighted by molar-refractivity contribution is 5.76. The lowest BCUT2D eigenvalue weighted by atomic mass is 9.92. The third kappa shape index (κ3) is 11.4. The standard InChI is InChI=1S/C12H25NO2/c1-12(2,3)10-11(15)13-8-6-4-5-7-9-14/h14H,4-10H2,1-3H3,(H,13,15). The van der Waals surface area contributed by atoms with Crippen molar-refractivity contribution in [3.05, 3.63) is 0 Å². The number of carbonyl (C=O) groups is 1. The minimum absolute atomic E-state index is 0.0704. The average molecular weight is 215 g/mol. The molecule has 1 amide bonds. The van der Waals surface area contributed by atoms with Crippen LogP contribution in [-0.2, 0) is 4.79 Å². The molecular formula is C12H25NO2. The molecule has 0 aliphatic heterocycles. The van der Waals surface area contributed by atoms with Crippen molar-refractivity contribution >= 4 is 5.91 Å². The van der Waals surface area contributed by atoms with E-state index in [1.165, 1.54) is 0 Å². The van der Waals surface area contributed by atoms with Gasteiger partial charge in [0.1, 0.15) is 0 Å². The van der Waals surface area contributed by atoms with E-state index in [2.05, 4.69) is 26.1 Å². The van der Waals surface area contributed by atoms with Gasteiger partial charge in [-0.1, -0.05) is 33.6 Å². The molecule has 0 radical (unpaired) electrons. The zero-order chi connectivity index (χ0) is 11.7. The van der Waals surface area contributed by atoms with Gasteiger partial charge in [-0.3, -0.25) is 4.79 Å². The van der Waals surface area contributed by atoms with Gasteiger partial charge in [0.2, 0.25) is 5.91 Å².